The van der Waals surface area contributed by atoms with Crippen LogP contribution in [-0.4, -0.2) is 48.9 Å². The summed E-state index contributed by atoms with van der Waals surface area (Å²) in [5.41, 5.74) is 1.78. The number of benzene rings is 2. The van der Waals surface area contributed by atoms with Crippen molar-refractivity contribution in [2.24, 2.45) is 4.99 Å². The van der Waals surface area contributed by atoms with Gasteiger partial charge in [-0.2, -0.15) is 0 Å². The largest absolute Gasteiger partial charge is 0.475 e. The van der Waals surface area contributed by atoms with Gasteiger partial charge in [0.2, 0.25) is 5.88 Å². The Balaban J connectivity index is 1.75. The Morgan fingerprint density at radius 1 is 1.14 bits per heavy atom. The molecule has 1 aromatic heterocycles. The Hall–Kier alpha value is -3.04. The van der Waals surface area contributed by atoms with E-state index in [4.69, 9.17) is 44.3 Å². The van der Waals surface area contributed by atoms with Crippen molar-refractivity contribution in [2.75, 3.05) is 20.3 Å². The van der Waals surface area contributed by atoms with Crippen LogP contribution in [0, 0.1) is 5.82 Å². The van der Waals surface area contributed by atoms with Gasteiger partial charge in [0.15, 0.2) is 11.9 Å². The van der Waals surface area contributed by atoms with E-state index in [-0.39, 0.29) is 41.1 Å². The number of methoxy groups -OCH3 is 1. The molecule has 1 N–H and O–H groups in total. The van der Waals surface area contributed by atoms with Crippen molar-refractivity contribution in [1.82, 2.24) is 10.3 Å². The summed E-state index contributed by atoms with van der Waals surface area (Å²) in [6.45, 7) is 0.318. The standard InChI is InChI=1S/C25H19Cl3FN3O4/c1-35-6-7-36-25-17(11-15(29)12-30-25)24(34)32-23-20(33)8-13-4-2-3-5-16(13)22(31-23)21-18(27)9-14(26)10-19(21)28/h2-5,9-12,23H,6-8H2,1H3,(H,32,34). The second kappa shape index (κ2) is 11.3. The molecule has 4 rings (SSSR count). The van der Waals surface area contributed by atoms with Crippen molar-refractivity contribution < 1.29 is 23.5 Å². The minimum atomic E-state index is -1.32. The third-order valence-electron chi connectivity index (χ3n) is 5.30. The summed E-state index contributed by atoms with van der Waals surface area (Å²) in [6, 6.07) is 11.1. The second-order valence-corrected chi connectivity index (χ2v) is 9.00. The molecule has 2 aromatic carbocycles. The van der Waals surface area contributed by atoms with Crippen LogP contribution < -0.4 is 10.1 Å². The van der Waals surface area contributed by atoms with Crippen molar-refractivity contribution in [1.29, 1.82) is 0 Å². The highest BCUT2D eigenvalue weighted by molar-refractivity contribution is 6.43. The molecule has 11 heteroatoms. The van der Waals surface area contributed by atoms with Crippen LogP contribution in [0.15, 0.2) is 53.7 Å². The molecule has 7 nitrogen and oxygen atoms in total. The first kappa shape index (κ1) is 26.0. The van der Waals surface area contributed by atoms with Gasteiger partial charge in [-0.25, -0.2) is 9.37 Å². The number of amides is 1. The minimum Gasteiger partial charge on any atom is -0.475 e. The van der Waals surface area contributed by atoms with Gasteiger partial charge in [-0.05, 0) is 23.8 Å². The molecular weight excluding hydrogens is 532 g/mol. The van der Waals surface area contributed by atoms with Crippen LogP contribution in [0.3, 0.4) is 0 Å². The van der Waals surface area contributed by atoms with Crippen LogP contribution in [0.1, 0.15) is 27.0 Å². The topological polar surface area (TPSA) is 89.9 Å². The van der Waals surface area contributed by atoms with Gasteiger partial charge in [-0.3, -0.25) is 14.6 Å². The molecule has 0 bridgehead atoms. The van der Waals surface area contributed by atoms with Gasteiger partial charge in [0.05, 0.1) is 28.6 Å². The molecule has 2 heterocycles. The average molecular weight is 551 g/mol. The first-order valence-electron chi connectivity index (χ1n) is 10.7. The van der Waals surface area contributed by atoms with Crippen LogP contribution in [0.5, 0.6) is 5.88 Å². The molecule has 1 amide bonds. The number of ether oxygens (including phenoxy) is 2. The van der Waals surface area contributed by atoms with Gasteiger partial charge in [0.1, 0.15) is 18.0 Å². The molecule has 36 heavy (non-hydrogen) atoms. The van der Waals surface area contributed by atoms with E-state index in [1.54, 1.807) is 24.3 Å². The van der Waals surface area contributed by atoms with Crippen molar-refractivity contribution >= 4 is 52.2 Å². The van der Waals surface area contributed by atoms with Crippen molar-refractivity contribution in [3.63, 3.8) is 0 Å². The molecule has 1 unspecified atom stereocenters. The number of carbonyl (C=O) groups is 2. The zero-order valence-corrected chi connectivity index (χ0v) is 21.1. The summed E-state index contributed by atoms with van der Waals surface area (Å²) < 4.78 is 24.3. The van der Waals surface area contributed by atoms with Crippen molar-refractivity contribution in [3.8, 4) is 5.88 Å². The number of nitrogens with one attached hydrogen (secondary N) is 1. The number of ketones is 1. The van der Waals surface area contributed by atoms with Crippen LogP contribution in [-0.2, 0) is 16.0 Å². The number of fused-ring (bicyclic) bond motifs is 1. The maximum atomic E-state index is 13.9. The van der Waals surface area contributed by atoms with Crippen LogP contribution >= 0.6 is 34.8 Å². The summed E-state index contributed by atoms with van der Waals surface area (Å²) in [6.07, 6.45) is -0.416. The number of pyridine rings is 1. The van der Waals surface area contributed by atoms with E-state index >= 15 is 0 Å². The SMILES string of the molecule is COCCOc1ncc(F)cc1C(=O)NC1N=C(c2c(Cl)cc(Cl)cc2Cl)c2ccccc2CC1=O. The predicted molar refractivity (Wildman–Crippen MR) is 135 cm³/mol. The van der Waals surface area contributed by atoms with E-state index in [0.29, 0.717) is 27.4 Å². The summed E-state index contributed by atoms with van der Waals surface area (Å²) in [5.74, 6) is -2.04. The van der Waals surface area contributed by atoms with Crippen LogP contribution in [0.25, 0.3) is 0 Å². The maximum Gasteiger partial charge on any atom is 0.258 e. The van der Waals surface area contributed by atoms with Gasteiger partial charge in [0.25, 0.3) is 5.91 Å². The number of nitrogens with zero attached hydrogens (tertiary/aromatic N) is 2. The molecular formula is C25H19Cl3FN3O4. The van der Waals surface area contributed by atoms with Gasteiger partial charge >= 0.3 is 0 Å². The summed E-state index contributed by atoms with van der Waals surface area (Å²) in [4.78, 5) is 34.7. The molecule has 186 valence electrons. The fourth-order valence-electron chi connectivity index (χ4n) is 3.67. The monoisotopic (exact) mass is 549 g/mol. The van der Waals surface area contributed by atoms with Crippen LogP contribution in [0.2, 0.25) is 15.1 Å². The quantitative estimate of drug-likeness (QED) is 0.422. The lowest BCUT2D eigenvalue weighted by Gasteiger charge is -2.16. The number of hydrogen-bond acceptors (Lipinski definition) is 6. The molecule has 0 spiro atoms. The molecule has 1 aliphatic heterocycles. The fourth-order valence-corrected chi connectivity index (χ4v) is 4.66. The van der Waals surface area contributed by atoms with Gasteiger partial charge in [0, 0.05) is 29.7 Å². The average Bonchev–Trinajstić information content (AvgIpc) is 2.96. The number of carbonyl (C=O) groups excluding carboxylic acids is 2. The van der Waals surface area contributed by atoms with Crippen molar-refractivity contribution in [2.45, 2.75) is 12.6 Å². The van der Waals surface area contributed by atoms with E-state index < -0.39 is 23.7 Å². The van der Waals surface area contributed by atoms with E-state index in [1.807, 2.05) is 0 Å². The molecule has 0 fully saturated rings. The van der Waals surface area contributed by atoms with E-state index in [0.717, 1.165) is 12.3 Å². The highest BCUT2D eigenvalue weighted by atomic mass is 35.5. The van der Waals surface area contributed by atoms with E-state index in [1.165, 1.54) is 19.2 Å². The van der Waals surface area contributed by atoms with E-state index in [2.05, 4.69) is 15.3 Å². The lowest BCUT2D eigenvalue weighted by atomic mass is 9.96. The molecule has 0 saturated heterocycles. The third-order valence-corrected chi connectivity index (χ3v) is 6.11. The number of halogens is 4. The van der Waals surface area contributed by atoms with Gasteiger partial charge in [-0.15, -0.1) is 0 Å². The number of aromatic nitrogens is 1. The fraction of sp³-hybridized carbons (Fsp3) is 0.200. The lowest BCUT2D eigenvalue weighted by molar-refractivity contribution is -0.120. The lowest BCUT2D eigenvalue weighted by Crippen LogP contribution is -2.40. The smallest absolute Gasteiger partial charge is 0.258 e. The Kier molecular flexibility index (Phi) is 8.21. The summed E-state index contributed by atoms with van der Waals surface area (Å²) in [5, 5.41) is 3.34. The zero-order chi connectivity index (χ0) is 25.8. The Bertz CT molecular complexity index is 1340. The maximum absolute atomic E-state index is 13.9. The number of aliphatic imine (C=N–C) groups is 1. The Morgan fingerprint density at radius 2 is 1.86 bits per heavy atom. The highest BCUT2D eigenvalue weighted by Crippen LogP contribution is 2.33. The number of rotatable bonds is 7. The molecule has 0 saturated carbocycles. The predicted octanol–water partition coefficient (Wildman–Crippen LogP) is 4.92. The first-order chi connectivity index (χ1) is 17.3. The molecule has 0 radical (unpaired) electrons. The molecule has 1 aliphatic rings. The number of hydrogen-bond donors (Lipinski definition) is 1. The van der Waals surface area contributed by atoms with Crippen LogP contribution in [0.4, 0.5) is 4.39 Å². The molecule has 0 aliphatic carbocycles. The summed E-state index contributed by atoms with van der Waals surface area (Å²) >= 11 is 19.0. The first-order valence-corrected chi connectivity index (χ1v) is 11.8. The van der Waals surface area contributed by atoms with Crippen molar-refractivity contribution in [3.05, 3.63) is 91.8 Å². The van der Waals surface area contributed by atoms with E-state index in [9.17, 15) is 14.0 Å². The Morgan fingerprint density at radius 3 is 2.58 bits per heavy atom. The zero-order valence-electron chi connectivity index (χ0n) is 18.9. The number of Topliss-reactive ketones (excluding diaryl/α,β-unsaturated/α-hetero) is 1. The highest BCUT2D eigenvalue weighted by Gasteiger charge is 2.30. The molecule has 3 aromatic rings. The summed E-state index contributed by atoms with van der Waals surface area (Å²) in [7, 11) is 1.49. The molecule has 1 atom stereocenters. The van der Waals surface area contributed by atoms with Gasteiger partial charge in [-0.1, -0.05) is 59.1 Å². The third kappa shape index (κ3) is 5.68. The minimum absolute atomic E-state index is 0.0183. The van der Waals surface area contributed by atoms with Gasteiger partial charge < -0.3 is 14.8 Å². The Labute approximate surface area is 221 Å². The second-order valence-electron chi connectivity index (χ2n) is 7.75. The normalized spacial score (nSPS) is 15.1.